The Hall–Kier alpha value is -0.900. The van der Waals surface area contributed by atoms with E-state index >= 15 is 0 Å². The molecule has 2 aromatic carbocycles. The second kappa shape index (κ2) is 6.70. The average Bonchev–Trinajstić information content (AvgIpc) is 2.39. The molecule has 0 aliphatic rings. The summed E-state index contributed by atoms with van der Waals surface area (Å²) in [5.74, 6) is -0.218. The van der Waals surface area contributed by atoms with E-state index in [0.29, 0.717) is 0 Å². The third-order valence-electron chi connectivity index (χ3n) is 3.30. The predicted molar refractivity (Wildman–Crippen MR) is 85.5 cm³/mol. The minimum atomic E-state index is -0.218. The molecule has 20 heavy (non-hydrogen) atoms. The minimum absolute atomic E-state index is 0.107. The van der Waals surface area contributed by atoms with Crippen LogP contribution in [0.2, 0.25) is 5.02 Å². The summed E-state index contributed by atoms with van der Waals surface area (Å²) in [6.45, 7) is 4.12. The van der Waals surface area contributed by atoms with E-state index in [-0.39, 0.29) is 17.9 Å². The van der Waals surface area contributed by atoms with E-state index in [1.54, 1.807) is 12.1 Å². The molecule has 0 bridgehead atoms. The van der Waals surface area contributed by atoms with Crippen molar-refractivity contribution in [3.63, 3.8) is 0 Å². The van der Waals surface area contributed by atoms with Crippen molar-refractivity contribution in [1.29, 1.82) is 0 Å². The molecule has 0 fully saturated rings. The van der Waals surface area contributed by atoms with Gasteiger partial charge in [-0.05, 0) is 49.2 Å². The first-order chi connectivity index (χ1) is 9.47. The molecule has 0 saturated heterocycles. The molecule has 0 heterocycles. The molecule has 2 unspecified atom stereocenters. The summed E-state index contributed by atoms with van der Waals surface area (Å²) in [5.41, 5.74) is 2.09. The summed E-state index contributed by atoms with van der Waals surface area (Å²) in [6.07, 6.45) is 0. The predicted octanol–water partition coefficient (Wildman–Crippen LogP) is 5.65. The molecule has 106 valence electrons. The van der Waals surface area contributed by atoms with Crippen molar-refractivity contribution in [3.05, 3.63) is 68.9 Å². The maximum Gasteiger partial charge on any atom is 0.123 e. The van der Waals surface area contributed by atoms with Crippen LogP contribution in [0.1, 0.15) is 37.1 Å². The number of hydrogen-bond acceptors (Lipinski definition) is 1. The molecule has 0 amide bonds. The number of halogens is 3. The first kappa shape index (κ1) is 15.5. The summed E-state index contributed by atoms with van der Waals surface area (Å²) < 4.78 is 13.9. The van der Waals surface area contributed by atoms with Crippen LogP contribution in [0.4, 0.5) is 4.39 Å². The highest BCUT2D eigenvalue weighted by molar-refractivity contribution is 9.10. The van der Waals surface area contributed by atoms with Gasteiger partial charge in [-0.25, -0.2) is 4.39 Å². The normalized spacial score (nSPS) is 14.1. The van der Waals surface area contributed by atoms with Crippen molar-refractivity contribution in [2.75, 3.05) is 0 Å². The van der Waals surface area contributed by atoms with Gasteiger partial charge in [0, 0.05) is 21.6 Å². The molecule has 4 heteroatoms. The zero-order valence-corrected chi connectivity index (χ0v) is 13.7. The molecule has 0 aromatic heterocycles. The number of benzene rings is 2. The van der Waals surface area contributed by atoms with Crippen LogP contribution in [0.15, 0.2) is 46.9 Å². The summed E-state index contributed by atoms with van der Waals surface area (Å²) in [7, 11) is 0. The van der Waals surface area contributed by atoms with E-state index < -0.39 is 0 Å². The zero-order valence-electron chi connectivity index (χ0n) is 11.3. The van der Waals surface area contributed by atoms with Crippen molar-refractivity contribution in [1.82, 2.24) is 5.32 Å². The molecule has 0 aliphatic carbocycles. The molecule has 2 atom stereocenters. The van der Waals surface area contributed by atoms with E-state index in [9.17, 15) is 4.39 Å². The second-order valence-electron chi connectivity index (χ2n) is 4.83. The number of nitrogens with one attached hydrogen (secondary N) is 1. The van der Waals surface area contributed by atoms with Gasteiger partial charge in [-0.2, -0.15) is 0 Å². The van der Waals surface area contributed by atoms with Gasteiger partial charge in [0.1, 0.15) is 5.82 Å². The van der Waals surface area contributed by atoms with Gasteiger partial charge in [-0.15, -0.1) is 0 Å². The maximum atomic E-state index is 12.9. The fraction of sp³-hybridized carbons (Fsp3) is 0.250. The Bertz CT molecular complexity index is 586. The standard InChI is InChI=1S/C16H16BrClFN/c1-10(12-3-6-14(19)7-4-12)20-11(2)15-8-5-13(17)9-16(15)18/h3-11,20H,1-2H3. The molecule has 2 rings (SSSR count). The lowest BCUT2D eigenvalue weighted by atomic mass is 10.0. The van der Waals surface area contributed by atoms with Gasteiger partial charge >= 0.3 is 0 Å². The molecule has 1 N–H and O–H groups in total. The second-order valence-corrected chi connectivity index (χ2v) is 6.15. The fourth-order valence-corrected chi connectivity index (χ4v) is 3.00. The van der Waals surface area contributed by atoms with Crippen LogP contribution in [0.3, 0.4) is 0 Å². The van der Waals surface area contributed by atoms with Gasteiger partial charge < -0.3 is 5.32 Å². The Morgan fingerprint density at radius 3 is 2.30 bits per heavy atom. The van der Waals surface area contributed by atoms with E-state index in [1.165, 1.54) is 12.1 Å². The van der Waals surface area contributed by atoms with E-state index in [2.05, 4.69) is 35.1 Å². The van der Waals surface area contributed by atoms with Crippen LogP contribution in [-0.4, -0.2) is 0 Å². The molecular formula is C16H16BrClFN. The Kier molecular flexibility index (Phi) is 5.19. The zero-order chi connectivity index (χ0) is 14.7. The minimum Gasteiger partial charge on any atom is -0.304 e. The van der Waals surface area contributed by atoms with Crippen LogP contribution in [-0.2, 0) is 0 Å². The summed E-state index contributed by atoms with van der Waals surface area (Å²) in [4.78, 5) is 0. The van der Waals surface area contributed by atoms with E-state index in [1.807, 2.05) is 18.2 Å². The Labute approximate surface area is 132 Å². The van der Waals surface area contributed by atoms with Crippen molar-refractivity contribution >= 4 is 27.5 Å². The average molecular weight is 357 g/mol. The van der Waals surface area contributed by atoms with Crippen LogP contribution < -0.4 is 5.32 Å². The first-order valence-corrected chi connectivity index (χ1v) is 7.61. The number of hydrogen-bond donors (Lipinski definition) is 1. The highest BCUT2D eigenvalue weighted by Gasteiger charge is 2.13. The Morgan fingerprint density at radius 2 is 1.70 bits per heavy atom. The fourth-order valence-electron chi connectivity index (χ4n) is 2.17. The lowest BCUT2D eigenvalue weighted by Gasteiger charge is -2.21. The van der Waals surface area contributed by atoms with Crippen LogP contribution >= 0.6 is 27.5 Å². The number of rotatable bonds is 4. The van der Waals surface area contributed by atoms with Gasteiger partial charge in [0.15, 0.2) is 0 Å². The van der Waals surface area contributed by atoms with Crippen LogP contribution in [0, 0.1) is 5.82 Å². The molecular weight excluding hydrogens is 341 g/mol. The summed E-state index contributed by atoms with van der Waals surface area (Å²) in [6, 6.07) is 12.6. The molecule has 0 radical (unpaired) electrons. The smallest absolute Gasteiger partial charge is 0.123 e. The van der Waals surface area contributed by atoms with Gasteiger partial charge in [0.05, 0.1) is 0 Å². The van der Waals surface area contributed by atoms with E-state index in [0.717, 1.165) is 20.6 Å². The monoisotopic (exact) mass is 355 g/mol. The highest BCUT2D eigenvalue weighted by Crippen LogP contribution is 2.28. The van der Waals surface area contributed by atoms with Crippen molar-refractivity contribution < 1.29 is 4.39 Å². The van der Waals surface area contributed by atoms with Gasteiger partial charge in [0.2, 0.25) is 0 Å². The van der Waals surface area contributed by atoms with Crippen LogP contribution in [0.25, 0.3) is 0 Å². The lowest BCUT2D eigenvalue weighted by Crippen LogP contribution is -2.22. The molecule has 2 aromatic rings. The van der Waals surface area contributed by atoms with Crippen molar-refractivity contribution in [2.45, 2.75) is 25.9 Å². The van der Waals surface area contributed by atoms with Crippen LogP contribution in [0.5, 0.6) is 0 Å². The molecule has 0 saturated carbocycles. The molecule has 1 nitrogen and oxygen atoms in total. The topological polar surface area (TPSA) is 12.0 Å². The van der Waals surface area contributed by atoms with E-state index in [4.69, 9.17) is 11.6 Å². The third-order valence-corrected chi connectivity index (χ3v) is 4.12. The summed E-state index contributed by atoms with van der Waals surface area (Å²) >= 11 is 9.65. The van der Waals surface area contributed by atoms with Crippen molar-refractivity contribution in [3.8, 4) is 0 Å². The largest absolute Gasteiger partial charge is 0.304 e. The first-order valence-electron chi connectivity index (χ1n) is 6.44. The van der Waals surface area contributed by atoms with Crippen molar-refractivity contribution in [2.24, 2.45) is 0 Å². The Morgan fingerprint density at radius 1 is 1.05 bits per heavy atom. The third kappa shape index (κ3) is 3.81. The highest BCUT2D eigenvalue weighted by atomic mass is 79.9. The maximum absolute atomic E-state index is 12.9. The van der Waals surface area contributed by atoms with Gasteiger partial charge in [-0.3, -0.25) is 0 Å². The Balaban J connectivity index is 2.10. The van der Waals surface area contributed by atoms with Gasteiger partial charge in [-0.1, -0.05) is 45.7 Å². The quantitative estimate of drug-likeness (QED) is 0.746. The summed E-state index contributed by atoms with van der Waals surface area (Å²) in [5, 5.41) is 4.20. The molecule has 0 aliphatic heterocycles. The molecule has 0 spiro atoms. The SMILES string of the molecule is CC(NC(C)c1ccc(Br)cc1Cl)c1ccc(F)cc1. The van der Waals surface area contributed by atoms with Gasteiger partial charge in [0.25, 0.3) is 0 Å². The lowest BCUT2D eigenvalue weighted by molar-refractivity contribution is 0.494.